The van der Waals surface area contributed by atoms with Crippen LogP contribution in [0.25, 0.3) is 0 Å². The number of aliphatic hydroxyl groups excluding tert-OH is 1. The average Bonchev–Trinajstić information content (AvgIpc) is 2.28. The van der Waals surface area contributed by atoms with Crippen LogP contribution in [0.2, 0.25) is 5.02 Å². The molecule has 0 aromatic heterocycles. The predicted molar refractivity (Wildman–Crippen MR) is 79.9 cm³/mol. The lowest BCUT2D eigenvalue weighted by atomic mass is 10.2. The van der Waals surface area contributed by atoms with Crippen LogP contribution in [0.1, 0.15) is 12.0 Å². The first kappa shape index (κ1) is 15.3. The molecule has 0 bridgehead atoms. The topological polar surface area (TPSA) is 32.3 Å². The fourth-order valence-electron chi connectivity index (χ4n) is 1.52. The van der Waals surface area contributed by atoms with Crippen molar-refractivity contribution < 1.29 is 5.11 Å². The highest BCUT2D eigenvalue weighted by molar-refractivity contribution is 9.10. The Morgan fingerprint density at radius 3 is 2.88 bits per heavy atom. The van der Waals surface area contributed by atoms with Gasteiger partial charge in [-0.1, -0.05) is 33.6 Å². The third kappa shape index (κ3) is 5.62. The van der Waals surface area contributed by atoms with Gasteiger partial charge in [-0.05, 0) is 30.4 Å². The van der Waals surface area contributed by atoms with E-state index in [0.29, 0.717) is 6.04 Å². The summed E-state index contributed by atoms with van der Waals surface area (Å²) in [5.74, 6) is 0.995. The van der Waals surface area contributed by atoms with Gasteiger partial charge in [0.25, 0.3) is 0 Å². The monoisotopic (exact) mass is 337 g/mol. The zero-order chi connectivity index (χ0) is 12.7. The van der Waals surface area contributed by atoms with Crippen LogP contribution in [0.4, 0.5) is 0 Å². The Bertz CT molecular complexity index is 345. The van der Waals surface area contributed by atoms with E-state index in [4.69, 9.17) is 16.7 Å². The van der Waals surface area contributed by atoms with Gasteiger partial charge < -0.3 is 10.4 Å². The number of nitrogens with one attached hydrogen (secondary N) is 1. The Labute approximate surface area is 120 Å². The molecule has 2 nitrogen and oxygen atoms in total. The summed E-state index contributed by atoms with van der Waals surface area (Å²) in [4.78, 5) is 0. The van der Waals surface area contributed by atoms with E-state index in [9.17, 15) is 0 Å². The number of thioether (sulfide) groups is 1. The summed E-state index contributed by atoms with van der Waals surface area (Å²) in [6.07, 6.45) is 2.84. The molecular weight excluding hydrogens is 322 g/mol. The number of benzene rings is 1. The normalized spacial score (nSPS) is 12.7. The Kier molecular flexibility index (Phi) is 7.55. The molecule has 5 heteroatoms. The number of rotatable bonds is 7. The van der Waals surface area contributed by atoms with Crippen LogP contribution in [0, 0.1) is 0 Å². The van der Waals surface area contributed by atoms with Crippen molar-refractivity contribution in [2.24, 2.45) is 0 Å². The van der Waals surface area contributed by atoms with Gasteiger partial charge in [0.2, 0.25) is 0 Å². The average molecular weight is 339 g/mol. The molecule has 0 saturated carbocycles. The van der Waals surface area contributed by atoms with Crippen molar-refractivity contribution in [1.82, 2.24) is 5.32 Å². The highest BCUT2D eigenvalue weighted by Crippen LogP contribution is 2.21. The van der Waals surface area contributed by atoms with Gasteiger partial charge in [0.15, 0.2) is 0 Å². The second-order valence-electron chi connectivity index (χ2n) is 3.78. The summed E-state index contributed by atoms with van der Waals surface area (Å²) in [7, 11) is 0. The number of hydrogen-bond acceptors (Lipinski definition) is 3. The van der Waals surface area contributed by atoms with E-state index in [2.05, 4.69) is 27.5 Å². The lowest BCUT2D eigenvalue weighted by Crippen LogP contribution is -2.31. The van der Waals surface area contributed by atoms with E-state index in [0.717, 1.165) is 33.8 Å². The Morgan fingerprint density at radius 1 is 1.53 bits per heavy atom. The van der Waals surface area contributed by atoms with Crippen molar-refractivity contribution in [3.63, 3.8) is 0 Å². The summed E-state index contributed by atoms with van der Waals surface area (Å²) >= 11 is 11.3. The minimum absolute atomic E-state index is 0.215. The van der Waals surface area contributed by atoms with Gasteiger partial charge in [-0.3, -0.25) is 0 Å². The molecule has 0 amide bonds. The van der Waals surface area contributed by atoms with E-state index < -0.39 is 0 Å². The number of hydrogen-bond donors (Lipinski definition) is 2. The highest BCUT2D eigenvalue weighted by Gasteiger charge is 2.08. The van der Waals surface area contributed by atoms with Crippen LogP contribution in [-0.4, -0.2) is 29.8 Å². The second kappa shape index (κ2) is 8.38. The minimum atomic E-state index is 0.215. The molecular formula is C12H17BrClNOS. The molecule has 1 rings (SSSR count). The maximum Gasteiger partial charge on any atom is 0.0462 e. The van der Waals surface area contributed by atoms with E-state index >= 15 is 0 Å². The van der Waals surface area contributed by atoms with Crippen LogP contribution in [0.5, 0.6) is 0 Å². The summed E-state index contributed by atoms with van der Waals surface area (Å²) in [5.41, 5.74) is 1.08. The highest BCUT2D eigenvalue weighted by atomic mass is 79.9. The van der Waals surface area contributed by atoms with Gasteiger partial charge in [-0.2, -0.15) is 11.8 Å². The summed E-state index contributed by atoms with van der Waals surface area (Å²) in [6.45, 7) is 0.948. The maximum absolute atomic E-state index is 8.97. The Morgan fingerprint density at radius 2 is 2.29 bits per heavy atom. The third-order valence-electron chi connectivity index (χ3n) is 2.44. The van der Waals surface area contributed by atoms with Crippen LogP contribution in [0.3, 0.4) is 0 Å². The molecule has 1 aromatic carbocycles. The zero-order valence-corrected chi connectivity index (χ0v) is 12.9. The molecule has 0 spiro atoms. The van der Waals surface area contributed by atoms with Gasteiger partial charge in [0, 0.05) is 34.4 Å². The zero-order valence-electron chi connectivity index (χ0n) is 9.75. The molecule has 0 radical (unpaired) electrons. The van der Waals surface area contributed by atoms with Crippen LogP contribution in [-0.2, 0) is 6.54 Å². The smallest absolute Gasteiger partial charge is 0.0462 e. The first-order valence-electron chi connectivity index (χ1n) is 5.44. The van der Waals surface area contributed by atoms with Crippen molar-refractivity contribution in [2.45, 2.75) is 19.0 Å². The quantitative estimate of drug-likeness (QED) is 0.800. The van der Waals surface area contributed by atoms with E-state index in [-0.39, 0.29) is 6.61 Å². The van der Waals surface area contributed by atoms with Crippen LogP contribution in [0.15, 0.2) is 22.7 Å². The van der Waals surface area contributed by atoms with Crippen molar-refractivity contribution in [3.05, 3.63) is 33.3 Å². The van der Waals surface area contributed by atoms with E-state index in [1.54, 1.807) is 11.8 Å². The predicted octanol–water partition coefficient (Wildman–Crippen LogP) is 3.31. The summed E-state index contributed by atoms with van der Waals surface area (Å²) in [6, 6.07) is 6.22. The second-order valence-corrected chi connectivity index (χ2v) is 6.01. The van der Waals surface area contributed by atoms with Crippen molar-refractivity contribution in [1.29, 1.82) is 0 Å². The van der Waals surface area contributed by atoms with Crippen LogP contribution < -0.4 is 5.32 Å². The van der Waals surface area contributed by atoms with Gasteiger partial charge in [-0.25, -0.2) is 0 Å². The number of aliphatic hydroxyl groups is 1. The van der Waals surface area contributed by atoms with Crippen molar-refractivity contribution in [3.8, 4) is 0 Å². The fourth-order valence-corrected chi connectivity index (χ4v) is 2.95. The molecule has 1 aromatic rings. The molecule has 0 aliphatic heterocycles. The molecule has 0 fully saturated rings. The summed E-state index contributed by atoms with van der Waals surface area (Å²) < 4.78 is 0.988. The number of halogens is 2. The molecule has 96 valence electrons. The molecule has 17 heavy (non-hydrogen) atoms. The van der Waals surface area contributed by atoms with Crippen molar-refractivity contribution in [2.75, 3.05) is 18.6 Å². The molecule has 2 N–H and O–H groups in total. The third-order valence-corrected chi connectivity index (χ3v) is 4.02. The van der Waals surface area contributed by atoms with Gasteiger partial charge in [-0.15, -0.1) is 0 Å². The first-order valence-corrected chi connectivity index (χ1v) is 8.01. The lowest BCUT2D eigenvalue weighted by Gasteiger charge is -2.17. The molecule has 1 unspecified atom stereocenters. The largest absolute Gasteiger partial charge is 0.396 e. The molecule has 0 heterocycles. The lowest BCUT2D eigenvalue weighted by molar-refractivity contribution is 0.270. The Balaban J connectivity index is 2.52. The van der Waals surface area contributed by atoms with Crippen LogP contribution >= 0.6 is 39.3 Å². The molecule has 0 aliphatic carbocycles. The SMILES string of the molecule is CSCC(CCO)NCc1ccc(Br)cc1Cl. The van der Waals surface area contributed by atoms with Gasteiger partial charge in [0.05, 0.1) is 0 Å². The van der Waals surface area contributed by atoms with Gasteiger partial charge >= 0.3 is 0 Å². The standard InChI is InChI=1S/C12H17BrClNOS/c1-17-8-11(4-5-16)15-7-9-2-3-10(13)6-12(9)14/h2-3,6,11,15-16H,4-5,7-8H2,1H3. The van der Waals surface area contributed by atoms with Gasteiger partial charge in [0.1, 0.15) is 0 Å². The summed E-state index contributed by atoms with van der Waals surface area (Å²) in [5, 5.41) is 13.2. The Hall–Kier alpha value is 0.260. The molecule has 0 aliphatic rings. The first-order chi connectivity index (χ1) is 8.17. The van der Waals surface area contributed by atoms with Crippen molar-refractivity contribution >= 4 is 39.3 Å². The maximum atomic E-state index is 8.97. The van der Waals surface area contributed by atoms with E-state index in [1.807, 2.05) is 18.2 Å². The van der Waals surface area contributed by atoms with E-state index in [1.165, 1.54) is 0 Å². The fraction of sp³-hybridized carbons (Fsp3) is 0.500. The molecule has 0 saturated heterocycles. The minimum Gasteiger partial charge on any atom is -0.396 e. The molecule has 1 atom stereocenters.